The number of hydrogen-bond acceptors (Lipinski definition) is 4. The average molecular weight is 484 g/mol. The zero-order chi connectivity index (χ0) is 21.6. The molecule has 0 fully saturated rings. The van der Waals surface area contributed by atoms with Crippen molar-refractivity contribution < 1.29 is 41.0 Å². The molecule has 0 saturated carbocycles. The first-order chi connectivity index (χ1) is 13.6. The van der Waals surface area contributed by atoms with E-state index in [2.05, 4.69) is 20.7 Å². The molecule has 0 atom stereocenters. The highest BCUT2D eigenvalue weighted by Gasteiger charge is 2.32. The number of carbonyl (C=O) groups excluding carboxylic acids is 1. The molecule has 0 unspecified atom stereocenters. The third-order valence-corrected chi connectivity index (χ3v) is 4.12. The zero-order valence-corrected chi connectivity index (χ0v) is 16.3. The Morgan fingerprint density at radius 1 is 1.00 bits per heavy atom. The van der Waals surface area contributed by atoms with E-state index in [0.717, 1.165) is 18.2 Å². The number of rotatable bonds is 9. The van der Waals surface area contributed by atoms with Crippen LogP contribution in [0.1, 0.15) is 23.2 Å². The highest BCUT2D eigenvalue weighted by molar-refractivity contribution is 9.10. The van der Waals surface area contributed by atoms with Crippen LogP contribution >= 0.6 is 15.9 Å². The number of hydrogen-bond donors (Lipinski definition) is 1. The highest BCUT2D eigenvalue weighted by Crippen LogP contribution is 2.33. The Balaban J connectivity index is 1.77. The van der Waals surface area contributed by atoms with Gasteiger partial charge in [-0.3, -0.25) is 4.79 Å². The first-order valence-electron chi connectivity index (χ1n) is 8.17. The number of amides is 1. The number of halogens is 6. The summed E-state index contributed by atoms with van der Waals surface area (Å²) in [5.41, 5.74) is 4.06. The Morgan fingerprint density at radius 3 is 2.21 bits per heavy atom. The summed E-state index contributed by atoms with van der Waals surface area (Å²) in [5, 5.41) is 0. The van der Waals surface area contributed by atoms with Crippen LogP contribution in [0.15, 0.2) is 34.8 Å². The first kappa shape index (κ1) is 22.7. The number of alkyl halides is 3. The minimum absolute atomic E-state index is 0.0617. The molecule has 0 aromatic heterocycles. The first-order valence-corrected chi connectivity index (χ1v) is 8.96. The summed E-state index contributed by atoms with van der Waals surface area (Å²) in [7, 11) is 0. The number of nitrogens with two attached hydrogens (primary N) is 1. The maximum Gasteiger partial charge on any atom is 0.573 e. The minimum atomic E-state index is -4.80. The van der Waals surface area contributed by atoms with Crippen molar-refractivity contribution in [2.75, 3.05) is 13.2 Å². The number of carbonyl (C=O) groups is 1. The summed E-state index contributed by atoms with van der Waals surface area (Å²) in [6.45, 7) is 0.278. The van der Waals surface area contributed by atoms with E-state index in [4.69, 9.17) is 15.2 Å². The average Bonchev–Trinajstić information content (AvgIpc) is 2.60. The van der Waals surface area contributed by atoms with E-state index in [-0.39, 0.29) is 23.4 Å². The lowest BCUT2D eigenvalue weighted by atomic mass is 10.1. The monoisotopic (exact) mass is 483 g/mol. The van der Waals surface area contributed by atoms with Crippen molar-refractivity contribution in [3.63, 3.8) is 0 Å². The summed E-state index contributed by atoms with van der Waals surface area (Å²) in [6.07, 6.45) is -3.89. The van der Waals surface area contributed by atoms with Crippen LogP contribution in [0.25, 0.3) is 0 Å². The molecule has 2 N–H and O–H groups in total. The summed E-state index contributed by atoms with van der Waals surface area (Å²) < 4.78 is 78.5. The third kappa shape index (κ3) is 6.77. The van der Waals surface area contributed by atoms with Crippen LogP contribution in [-0.4, -0.2) is 25.5 Å². The molecule has 0 heterocycles. The minimum Gasteiger partial charge on any atom is -0.494 e. The van der Waals surface area contributed by atoms with Crippen LogP contribution in [-0.2, 0) is 0 Å². The van der Waals surface area contributed by atoms with Gasteiger partial charge >= 0.3 is 6.36 Å². The van der Waals surface area contributed by atoms with Gasteiger partial charge in [-0.1, -0.05) is 0 Å². The number of primary amides is 1. The van der Waals surface area contributed by atoms with Gasteiger partial charge < -0.3 is 19.9 Å². The molecule has 5 nitrogen and oxygen atoms in total. The topological polar surface area (TPSA) is 70.8 Å². The third-order valence-electron chi connectivity index (χ3n) is 3.50. The summed E-state index contributed by atoms with van der Waals surface area (Å²) in [5.74, 6) is -3.85. The standard InChI is InChI=1S/C18H15BrF5NO4/c19-11-9-10(3-5-13(11)29-18(22,23)24)27-7-1-2-8-28-14-6-4-12(20)15(16(14)21)17(25)26/h3-6,9H,1-2,7-8H2,(H2,25,26). The summed E-state index contributed by atoms with van der Waals surface area (Å²) in [4.78, 5) is 11.1. The molecule has 0 aliphatic carbocycles. The van der Waals surface area contributed by atoms with Gasteiger partial charge in [0.2, 0.25) is 0 Å². The second-order valence-electron chi connectivity index (χ2n) is 5.64. The molecule has 1 amide bonds. The Labute approximate surface area is 170 Å². The van der Waals surface area contributed by atoms with E-state index in [1.54, 1.807) is 0 Å². The molecule has 158 valence electrons. The van der Waals surface area contributed by atoms with Crippen molar-refractivity contribution in [2.24, 2.45) is 5.73 Å². The molecule has 0 aliphatic heterocycles. The van der Waals surface area contributed by atoms with Crippen molar-refractivity contribution in [1.29, 1.82) is 0 Å². The molecule has 2 aromatic rings. The Kier molecular flexibility index (Phi) is 7.66. The Bertz CT molecular complexity index is 876. The van der Waals surface area contributed by atoms with Crippen LogP contribution in [0.3, 0.4) is 0 Å². The quantitative estimate of drug-likeness (QED) is 0.404. The SMILES string of the molecule is NC(=O)c1c(F)ccc(OCCCCOc2ccc(OC(F)(F)F)c(Br)c2)c1F. The summed E-state index contributed by atoms with van der Waals surface area (Å²) >= 11 is 2.97. The lowest BCUT2D eigenvalue weighted by Crippen LogP contribution is -2.17. The van der Waals surface area contributed by atoms with E-state index in [0.29, 0.717) is 18.6 Å². The van der Waals surface area contributed by atoms with Crippen LogP contribution < -0.4 is 19.9 Å². The van der Waals surface area contributed by atoms with Gasteiger partial charge in [-0.25, -0.2) is 8.78 Å². The Morgan fingerprint density at radius 2 is 1.62 bits per heavy atom. The molecule has 0 bridgehead atoms. The van der Waals surface area contributed by atoms with Crippen LogP contribution in [0.4, 0.5) is 22.0 Å². The fourth-order valence-electron chi connectivity index (χ4n) is 2.23. The van der Waals surface area contributed by atoms with E-state index >= 15 is 0 Å². The van der Waals surface area contributed by atoms with Gasteiger partial charge in [0.1, 0.15) is 22.9 Å². The van der Waals surface area contributed by atoms with Crippen molar-refractivity contribution in [1.82, 2.24) is 0 Å². The molecule has 11 heteroatoms. The molecular formula is C18H15BrF5NO4. The Hall–Kier alpha value is -2.56. The fraction of sp³-hybridized carbons (Fsp3) is 0.278. The maximum absolute atomic E-state index is 14.0. The van der Waals surface area contributed by atoms with Crippen molar-refractivity contribution in [2.45, 2.75) is 19.2 Å². The van der Waals surface area contributed by atoms with Crippen LogP contribution in [0.5, 0.6) is 17.2 Å². The molecule has 0 radical (unpaired) electrons. The number of unbranched alkanes of at least 4 members (excludes halogenated alkanes) is 1. The van der Waals surface area contributed by atoms with Gasteiger partial charge in [0, 0.05) is 0 Å². The molecule has 0 spiro atoms. The van der Waals surface area contributed by atoms with Crippen molar-refractivity contribution in [3.8, 4) is 17.2 Å². The maximum atomic E-state index is 14.0. The van der Waals surface area contributed by atoms with Gasteiger partial charge in [0.25, 0.3) is 5.91 Å². The number of ether oxygens (including phenoxy) is 3. The molecule has 0 saturated heterocycles. The van der Waals surface area contributed by atoms with Gasteiger partial charge in [-0.05, 0) is 59.1 Å². The van der Waals surface area contributed by atoms with Gasteiger partial charge in [0.15, 0.2) is 11.6 Å². The molecule has 0 aliphatic rings. The molecule has 2 rings (SSSR count). The second-order valence-corrected chi connectivity index (χ2v) is 6.50. The molecule has 29 heavy (non-hydrogen) atoms. The van der Waals surface area contributed by atoms with Crippen LogP contribution in [0.2, 0.25) is 0 Å². The van der Waals surface area contributed by atoms with Crippen molar-refractivity contribution in [3.05, 3.63) is 52.0 Å². The predicted octanol–water partition coefficient (Wildman–Crippen LogP) is 4.96. The van der Waals surface area contributed by atoms with Gasteiger partial charge in [-0.2, -0.15) is 0 Å². The normalized spacial score (nSPS) is 11.2. The van der Waals surface area contributed by atoms with Gasteiger partial charge in [0.05, 0.1) is 17.7 Å². The predicted molar refractivity (Wildman–Crippen MR) is 95.9 cm³/mol. The fourth-order valence-corrected chi connectivity index (χ4v) is 2.66. The number of benzene rings is 2. The lowest BCUT2D eigenvalue weighted by Gasteiger charge is -2.12. The molecular weight excluding hydrogens is 469 g/mol. The smallest absolute Gasteiger partial charge is 0.494 e. The lowest BCUT2D eigenvalue weighted by molar-refractivity contribution is -0.274. The molecule has 2 aromatic carbocycles. The van der Waals surface area contributed by atoms with E-state index in [9.17, 15) is 26.7 Å². The zero-order valence-electron chi connectivity index (χ0n) is 14.7. The van der Waals surface area contributed by atoms with Crippen molar-refractivity contribution >= 4 is 21.8 Å². The highest BCUT2D eigenvalue weighted by atomic mass is 79.9. The van der Waals surface area contributed by atoms with Crippen LogP contribution in [0, 0.1) is 11.6 Å². The largest absolute Gasteiger partial charge is 0.573 e. The summed E-state index contributed by atoms with van der Waals surface area (Å²) in [6, 6.07) is 5.70. The van der Waals surface area contributed by atoms with E-state index < -0.39 is 35.2 Å². The van der Waals surface area contributed by atoms with Gasteiger partial charge in [-0.15, -0.1) is 13.2 Å². The second kappa shape index (κ2) is 9.77. The van der Waals surface area contributed by atoms with E-state index in [1.807, 2.05) is 0 Å². The van der Waals surface area contributed by atoms with E-state index in [1.165, 1.54) is 12.1 Å².